The number of carboxylic acids is 1. The molecule has 1 aliphatic carbocycles. The summed E-state index contributed by atoms with van der Waals surface area (Å²) in [6.45, 7) is 3.22. The summed E-state index contributed by atoms with van der Waals surface area (Å²) < 4.78 is 37.8. The molecule has 0 bridgehead atoms. The van der Waals surface area contributed by atoms with E-state index in [0.717, 1.165) is 5.56 Å². The maximum Gasteiger partial charge on any atom is 0.411 e. The lowest BCUT2D eigenvalue weighted by Crippen LogP contribution is -2.27. The third kappa shape index (κ3) is 5.59. The van der Waals surface area contributed by atoms with E-state index in [2.05, 4.69) is 20.8 Å². The van der Waals surface area contributed by atoms with Crippen LogP contribution in [0.5, 0.6) is 0 Å². The summed E-state index contributed by atoms with van der Waals surface area (Å²) in [5, 5.41) is 18.2. The lowest BCUT2D eigenvalue weighted by Gasteiger charge is -2.10. The molecule has 0 unspecified atom stereocenters. The smallest absolute Gasteiger partial charge is 0.411 e. The Morgan fingerprint density at radius 1 is 1.11 bits per heavy atom. The van der Waals surface area contributed by atoms with Crippen LogP contribution in [0.4, 0.5) is 19.3 Å². The molecule has 0 saturated heterocycles. The molecule has 2 atom stereocenters. The third-order valence-electron chi connectivity index (χ3n) is 6.14. The van der Waals surface area contributed by atoms with Gasteiger partial charge in [0.15, 0.2) is 0 Å². The zero-order valence-electron chi connectivity index (χ0n) is 20.3. The van der Waals surface area contributed by atoms with Crippen LogP contribution in [0.3, 0.4) is 0 Å². The predicted octanol–water partition coefficient (Wildman–Crippen LogP) is 4.38. The molecule has 4 rings (SSSR count). The van der Waals surface area contributed by atoms with Crippen LogP contribution in [0.25, 0.3) is 11.5 Å². The molecule has 1 aliphatic rings. The molecule has 1 saturated carbocycles. The Morgan fingerprint density at radius 3 is 2.50 bits per heavy atom. The average Bonchev–Trinajstić information content (AvgIpc) is 3.28. The first-order chi connectivity index (χ1) is 18.0. The quantitative estimate of drug-likeness (QED) is 0.357. The minimum absolute atomic E-state index is 0.0903. The molecule has 1 aromatic carbocycles. The van der Waals surface area contributed by atoms with Crippen molar-refractivity contribution < 1.29 is 37.5 Å². The number of alkyl halides is 2. The van der Waals surface area contributed by atoms with E-state index in [-0.39, 0.29) is 24.6 Å². The monoisotopic (exact) mass is 548 g/mol. The summed E-state index contributed by atoms with van der Waals surface area (Å²) in [4.78, 5) is 39.8. The lowest BCUT2D eigenvalue weighted by atomic mass is 10.1. The first-order valence-electron chi connectivity index (χ1n) is 11.5. The number of aryl methyl sites for hydroxylation is 2. The van der Waals surface area contributed by atoms with Gasteiger partial charge in [0.2, 0.25) is 11.7 Å². The molecule has 13 heteroatoms. The van der Waals surface area contributed by atoms with Crippen LogP contribution in [0.2, 0.25) is 5.02 Å². The van der Waals surface area contributed by atoms with Crippen molar-refractivity contribution in [1.29, 1.82) is 0 Å². The van der Waals surface area contributed by atoms with Crippen LogP contribution in [-0.4, -0.2) is 45.7 Å². The van der Waals surface area contributed by atoms with Gasteiger partial charge < -0.3 is 19.7 Å². The number of hydrogen-bond acceptors (Lipinski definition) is 7. The van der Waals surface area contributed by atoms with Gasteiger partial charge in [-0.15, -0.1) is 0 Å². The summed E-state index contributed by atoms with van der Waals surface area (Å²) >= 11 is 6.11. The van der Waals surface area contributed by atoms with Crippen molar-refractivity contribution in [3.8, 4) is 11.5 Å². The number of carbonyl (C=O) groups is 3. The number of aromatic nitrogens is 2. The van der Waals surface area contributed by atoms with Crippen molar-refractivity contribution in [2.45, 2.75) is 32.7 Å². The molecule has 1 fully saturated rings. The zero-order valence-corrected chi connectivity index (χ0v) is 21.0. The molecule has 0 spiro atoms. The normalized spacial score (nSPS) is 17.5. The van der Waals surface area contributed by atoms with Crippen LogP contribution in [0.15, 0.2) is 40.9 Å². The summed E-state index contributed by atoms with van der Waals surface area (Å²) in [5.41, 5.74) is 2.77. The number of nitrogens with zero attached hydrogens (tertiary/aromatic N) is 2. The number of aliphatic carboxylic acids is 1. The third-order valence-corrected chi connectivity index (χ3v) is 6.50. The number of benzene rings is 1. The Morgan fingerprint density at radius 2 is 1.84 bits per heavy atom. The van der Waals surface area contributed by atoms with E-state index in [1.54, 1.807) is 38.1 Å². The average molecular weight is 549 g/mol. The first kappa shape index (κ1) is 27.0. The van der Waals surface area contributed by atoms with Crippen LogP contribution < -0.4 is 10.6 Å². The number of hydrogen-bond donors (Lipinski definition) is 3. The Labute approximate surface area is 220 Å². The molecule has 200 valence electrons. The fourth-order valence-corrected chi connectivity index (χ4v) is 4.17. The molecule has 0 radical (unpaired) electrons. The molecule has 2 heterocycles. The van der Waals surface area contributed by atoms with Gasteiger partial charge in [-0.1, -0.05) is 41.0 Å². The highest BCUT2D eigenvalue weighted by atomic mass is 35.5. The number of pyridine rings is 1. The molecule has 0 aliphatic heterocycles. The van der Waals surface area contributed by atoms with Crippen molar-refractivity contribution in [2.75, 3.05) is 11.9 Å². The summed E-state index contributed by atoms with van der Waals surface area (Å²) in [7, 11) is 0. The van der Waals surface area contributed by atoms with Crippen molar-refractivity contribution >= 4 is 35.3 Å². The SMILES string of the molecule is Cc1nc(-c2onc(C)c2NC(=O)OCCc2ccccc2Cl)ccc1CNC(=O)[C@H]1[C@H](C(=O)O)C1(F)F. The van der Waals surface area contributed by atoms with Gasteiger partial charge in [0.1, 0.15) is 28.9 Å². The van der Waals surface area contributed by atoms with Gasteiger partial charge in [0.25, 0.3) is 5.92 Å². The topological polar surface area (TPSA) is 144 Å². The van der Waals surface area contributed by atoms with E-state index in [9.17, 15) is 23.2 Å². The van der Waals surface area contributed by atoms with Crippen LogP contribution in [-0.2, 0) is 27.3 Å². The number of nitrogens with one attached hydrogen (secondary N) is 2. The lowest BCUT2D eigenvalue weighted by molar-refractivity contribution is -0.141. The fourth-order valence-electron chi connectivity index (χ4n) is 3.94. The van der Waals surface area contributed by atoms with E-state index in [4.69, 9.17) is 26.0 Å². The second kappa shape index (κ2) is 10.7. The van der Waals surface area contributed by atoms with Crippen molar-refractivity contribution in [3.05, 3.63) is 63.9 Å². The Balaban J connectivity index is 1.37. The highest BCUT2D eigenvalue weighted by molar-refractivity contribution is 6.31. The molecule has 2 aromatic heterocycles. The van der Waals surface area contributed by atoms with Gasteiger partial charge in [-0.25, -0.2) is 18.6 Å². The highest BCUT2D eigenvalue weighted by Gasteiger charge is 2.75. The maximum absolute atomic E-state index is 13.6. The molecular weight excluding hydrogens is 526 g/mol. The molecular formula is C25H23ClF2N4O6. The number of ether oxygens (including phenoxy) is 1. The van der Waals surface area contributed by atoms with Gasteiger partial charge >= 0.3 is 12.1 Å². The molecule has 10 nitrogen and oxygen atoms in total. The van der Waals surface area contributed by atoms with Gasteiger partial charge in [-0.05, 0) is 37.1 Å². The van der Waals surface area contributed by atoms with Crippen LogP contribution >= 0.6 is 11.6 Å². The van der Waals surface area contributed by atoms with Gasteiger partial charge in [-0.3, -0.25) is 14.9 Å². The summed E-state index contributed by atoms with van der Waals surface area (Å²) in [6, 6.07) is 10.4. The van der Waals surface area contributed by atoms with Gasteiger partial charge in [0, 0.05) is 23.7 Å². The van der Waals surface area contributed by atoms with Gasteiger partial charge in [0.05, 0.1) is 6.61 Å². The number of anilines is 1. The Bertz CT molecular complexity index is 1400. The van der Waals surface area contributed by atoms with Crippen molar-refractivity contribution in [3.63, 3.8) is 0 Å². The minimum Gasteiger partial charge on any atom is -0.481 e. The van der Waals surface area contributed by atoms with E-state index >= 15 is 0 Å². The molecule has 3 aromatic rings. The van der Waals surface area contributed by atoms with E-state index in [0.29, 0.717) is 34.1 Å². The second-order valence-corrected chi connectivity index (χ2v) is 9.11. The molecule has 2 amide bonds. The number of amides is 2. The number of halogens is 3. The number of carbonyl (C=O) groups excluding carboxylic acids is 2. The van der Waals surface area contributed by atoms with Crippen LogP contribution in [0.1, 0.15) is 22.5 Å². The van der Waals surface area contributed by atoms with Crippen molar-refractivity contribution in [2.24, 2.45) is 11.8 Å². The standard InChI is InChI=1S/C25H23ClF2N4O6/c1-12-15(11-29-22(33)18-19(23(34)35)25(18,27)28)7-8-17(30-12)21-20(13(2)32-38-21)31-24(36)37-10-9-14-5-3-4-6-16(14)26/h3-8,18-19H,9-11H2,1-2H3,(H,29,33)(H,31,36)(H,34,35)/t18-,19-/m1/s1. The minimum atomic E-state index is -3.57. The van der Waals surface area contributed by atoms with E-state index < -0.39 is 35.7 Å². The van der Waals surface area contributed by atoms with Gasteiger partial charge in [-0.2, -0.15) is 0 Å². The number of carboxylic acid groups (broad SMARTS) is 1. The van der Waals surface area contributed by atoms with E-state index in [1.165, 1.54) is 0 Å². The molecule has 38 heavy (non-hydrogen) atoms. The zero-order chi connectivity index (χ0) is 27.6. The fraction of sp³-hybridized carbons (Fsp3) is 0.320. The van der Waals surface area contributed by atoms with Crippen LogP contribution in [0, 0.1) is 25.7 Å². The first-order valence-corrected chi connectivity index (χ1v) is 11.9. The second-order valence-electron chi connectivity index (χ2n) is 8.70. The summed E-state index contributed by atoms with van der Waals surface area (Å²) in [6.07, 6.45) is -0.298. The number of rotatable bonds is 9. The maximum atomic E-state index is 13.6. The van der Waals surface area contributed by atoms with E-state index in [1.807, 2.05) is 12.1 Å². The Hall–Kier alpha value is -4.06. The predicted molar refractivity (Wildman–Crippen MR) is 131 cm³/mol. The summed E-state index contributed by atoms with van der Waals surface area (Å²) in [5.74, 6) is -10.1. The highest BCUT2D eigenvalue weighted by Crippen LogP contribution is 2.55. The Kier molecular flexibility index (Phi) is 7.63. The largest absolute Gasteiger partial charge is 0.481 e. The van der Waals surface area contributed by atoms with Crippen molar-refractivity contribution in [1.82, 2.24) is 15.5 Å². The molecule has 3 N–H and O–H groups in total.